The summed E-state index contributed by atoms with van der Waals surface area (Å²) in [6, 6.07) is 0.675. The van der Waals surface area contributed by atoms with Gasteiger partial charge in [0.25, 0.3) is 0 Å². The van der Waals surface area contributed by atoms with Gasteiger partial charge in [0.15, 0.2) is 0 Å². The number of rotatable bonds is 6. The van der Waals surface area contributed by atoms with Gasteiger partial charge in [-0.05, 0) is 32.6 Å². The van der Waals surface area contributed by atoms with Gasteiger partial charge in [-0.25, -0.2) is 0 Å². The van der Waals surface area contributed by atoms with Crippen molar-refractivity contribution in [3.05, 3.63) is 0 Å². The Kier molecular flexibility index (Phi) is 6.22. The van der Waals surface area contributed by atoms with E-state index in [1.807, 2.05) is 0 Å². The Labute approximate surface area is 93.4 Å². The smallest absolute Gasteiger partial charge is 0.0702 e. The molecule has 1 rings (SSSR count). The fraction of sp³-hybridized carbons (Fsp3) is 1.00. The lowest BCUT2D eigenvalue weighted by molar-refractivity contribution is -0.0456. The molecule has 15 heavy (non-hydrogen) atoms. The number of nitrogens with zero attached hydrogens (tertiary/aromatic N) is 1. The summed E-state index contributed by atoms with van der Waals surface area (Å²) in [6.45, 7) is 7.85. The zero-order valence-electron chi connectivity index (χ0n) is 10.1. The SMILES string of the molecule is CCC(C)N1CCO[C@@H](CCCCO)C1. The van der Waals surface area contributed by atoms with E-state index in [9.17, 15) is 0 Å². The van der Waals surface area contributed by atoms with E-state index in [4.69, 9.17) is 9.84 Å². The molecule has 0 amide bonds. The van der Waals surface area contributed by atoms with Crippen LogP contribution in [0.25, 0.3) is 0 Å². The minimum absolute atomic E-state index is 0.307. The summed E-state index contributed by atoms with van der Waals surface area (Å²) in [5, 5.41) is 8.72. The van der Waals surface area contributed by atoms with Crippen molar-refractivity contribution in [3.63, 3.8) is 0 Å². The van der Waals surface area contributed by atoms with E-state index in [0.29, 0.717) is 18.8 Å². The van der Waals surface area contributed by atoms with Crippen LogP contribution >= 0.6 is 0 Å². The molecule has 1 fully saturated rings. The van der Waals surface area contributed by atoms with Crippen molar-refractivity contribution >= 4 is 0 Å². The number of hydrogen-bond acceptors (Lipinski definition) is 3. The monoisotopic (exact) mass is 215 g/mol. The Bertz CT molecular complexity index is 164. The van der Waals surface area contributed by atoms with Gasteiger partial charge in [-0.15, -0.1) is 0 Å². The third kappa shape index (κ3) is 4.49. The molecule has 1 aliphatic rings. The van der Waals surface area contributed by atoms with Crippen LogP contribution in [0.1, 0.15) is 39.5 Å². The normalized spacial score (nSPS) is 25.4. The second kappa shape index (κ2) is 7.20. The van der Waals surface area contributed by atoms with Crippen LogP contribution in [0.4, 0.5) is 0 Å². The molecule has 90 valence electrons. The largest absolute Gasteiger partial charge is 0.396 e. The fourth-order valence-corrected chi connectivity index (χ4v) is 2.06. The predicted octanol–water partition coefficient (Wildman–Crippen LogP) is 1.65. The number of ether oxygens (including phenoxy) is 1. The predicted molar refractivity (Wildman–Crippen MR) is 62.0 cm³/mol. The van der Waals surface area contributed by atoms with Crippen LogP contribution in [0, 0.1) is 0 Å². The first-order chi connectivity index (χ1) is 7.27. The molecule has 1 saturated heterocycles. The number of aliphatic hydroxyl groups excluding tert-OH is 1. The van der Waals surface area contributed by atoms with Crippen LogP contribution in [-0.2, 0) is 4.74 Å². The molecule has 0 aromatic heterocycles. The molecule has 2 atom stereocenters. The maximum absolute atomic E-state index is 8.72. The third-order valence-corrected chi connectivity index (χ3v) is 3.32. The summed E-state index contributed by atoms with van der Waals surface area (Å²) < 4.78 is 5.73. The van der Waals surface area contributed by atoms with E-state index < -0.39 is 0 Å². The van der Waals surface area contributed by atoms with E-state index in [1.165, 1.54) is 6.42 Å². The highest BCUT2D eigenvalue weighted by Crippen LogP contribution is 2.15. The molecule has 0 saturated carbocycles. The Hall–Kier alpha value is -0.120. The second-order valence-electron chi connectivity index (χ2n) is 4.46. The molecule has 0 aromatic rings. The van der Waals surface area contributed by atoms with E-state index in [0.717, 1.165) is 39.0 Å². The van der Waals surface area contributed by atoms with Gasteiger partial charge < -0.3 is 9.84 Å². The van der Waals surface area contributed by atoms with Crippen LogP contribution < -0.4 is 0 Å². The van der Waals surface area contributed by atoms with Crippen molar-refractivity contribution in [1.82, 2.24) is 4.90 Å². The van der Waals surface area contributed by atoms with Gasteiger partial charge in [0, 0.05) is 25.7 Å². The molecular formula is C12H25NO2. The highest BCUT2D eigenvalue weighted by atomic mass is 16.5. The molecule has 1 heterocycles. The molecule has 0 bridgehead atoms. The lowest BCUT2D eigenvalue weighted by Crippen LogP contribution is -2.46. The first kappa shape index (κ1) is 12.9. The zero-order valence-corrected chi connectivity index (χ0v) is 10.1. The molecule has 1 N–H and O–H groups in total. The van der Waals surface area contributed by atoms with Crippen molar-refractivity contribution < 1.29 is 9.84 Å². The van der Waals surface area contributed by atoms with Crippen LogP contribution in [-0.4, -0.2) is 48.5 Å². The van der Waals surface area contributed by atoms with Crippen molar-refractivity contribution in [2.75, 3.05) is 26.3 Å². The standard InChI is InChI=1S/C12H25NO2/c1-3-11(2)13-7-9-15-12(10-13)6-4-5-8-14/h11-12,14H,3-10H2,1-2H3/t11?,12-/m0/s1. The van der Waals surface area contributed by atoms with Crippen molar-refractivity contribution in [2.45, 2.75) is 51.7 Å². The maximum Gasteiger partial charge on any atom is 0.0702 e. The van der Waals surface area contributed by atoms with Crippen LogP contribution in [0.3, 0.4) is 0 Å². The Morgan fingerprint density at radius 1 is 1.47 bits per heavy atom. The van der Waals surface area contributed by atoms with Crippen molar-refractivity contribution in [3.8, 4) is 0 Å². The molecule has 0 radical (unpaired) electrons. The molecule has 1 aliphatic heterocycles. The van der Waals surface area contributed by atoms with Crippen molar-refractivity contribution in [2.24, 2.45) is 0 Å². The Balaban J connectivity index is 2.22. The fourth-order valence-electron chi connectivity index (χ4n) is 2.06. The summed E-state index contributed by atoms with van der Waals surface area (Å²) >= 11 is 0. The highest BCUT2D eigenvalue weighted by Gasteiger charge is 2.22. The highest BCUT2D eigenvalue weighted by molar-refractivity contribution is 4.75. The van der Waals surface area contributed by atoms with Gasteiger partial charge in [-0.2, -0.15) is 0 Å². The number of unbranched alkanes of at least 4 members (excludes halogenated alkanes) is 1. The number of morpholine rings is 1. The molecule has 0 aromatic carbocycles. The summed E-state index contributed by atoms with van der Waals surface area (Å²) in [6.07, 6.45) is 4.68. The third-order valence-electron chi connectivity index (χ3n) is 3.32. The minimum Gasteiger partial charge on any atom is -0.396 e. The Morgan fingerprint density at radius 2 is 2.27 bits per heavy atom. The van der Waals surface area contributed by atoms with Gasteiger partial charge >= 0.3 is 0 Å². The van der Waals surface area contributed by atoms with E-state index >= 15 is 0 Å². The summed E-state index contributed by atoms with van der Waals surface area (Å²) in [5.41, 5.74) is 0. The lowest BCUT2D eigenvalue weighted by Gasteiger charge is -2.36. The minimum atomic E-state index is 0.307. The molecular weight excluding hydrogens is 190 g/mol. The first-order valence-corrected chi connectivity index (χ1v) is 6.24. The lowest BCUT2D eigenvalue weighted by atomic mass is 10.1. The quantitative estimate of drug-likeness (QED) is 0.684. The van der Waals surface area contributed by atoms with Crippen molar-refractivity contribution in [1.29, 1.82) is 0 Å². The average molecular weight is 215 g/mol. The van der Waals surface area contributed by atoms with Crippen LogP contribution in [0.15, 0.2) is 0 Å². The number of aliphatic hydroxyl groups is 1. The zero-order chi connectivity index (χ0) is 11.1. The summed E-state index contributed by atoms with van der Waals surface area (Å²) in [7, 11) is 0. The topological polar surface area (TPSA) is 32.7 Å². The molecule has 3 nitrogen and oxygen atoms in total. The summed E-state index contributed by atoms with van der Waals surface area (Å²) in [4.78, 5) is 2.52. The van der Waals surface area contributed by atoms with Gasteiger partial charge in [0.2, 0.25) is 0 Å². The molecule has 1 unspecified atom stereocenters. The van der Waals surface area contributed by atoms with E-state index in [2.05, 4.69) is 18.7 Å². The van der Waals surface area contributed by atoms with Gasteiger partial charge in [-0.1, -0.05) is 6.92 Å². The van der Waals surface area contributed by atoms with Gasteiger partial charge in [0.1, 0.15) is 0 Å². The van der Waals surface area contributed by atoms with Crippen LogP contribution in [0.5, 0.6) is 0 Å². The van der Waals surface area contributed by atoms with Gasteiger partial charge in [-0.3, -0.25) is 4.90 Å². The average Bonchev–Trinajstić information content (AvgIpc) is 2.29. The second-order valence-corrected chi connectivity index (χ2v) is 4.46. The number of hydrogen-bond donors (Lipinski definition) is 1. The maximum atomic E-state index is 8.72. The Morgan fingerprint density at radius 3 is 2.93 bits per heavy atom. The molecule has 0 spiro atoms. The van der Waals surface area contributed by atoms with Crippen LogP contribution in [0.2, 0.25) is 0 Å². The first-order valence-electron chi connectivity index (χ1n) is 6.24. The summed E-state index contributed by atoms with van der Waals surface area (Å²) in [5.74, 6) is 0. The molecule has 3 heteroatoms. The molecule has 0 aliphatic carbocycles. The van der Waals surface area contributed by atoms with E-state index in [1.54, 1.807) is 0 Å². The van der Waals surface area contributed by atoms with Gasteiger partial charge in [0.05, 0.1) is 12.7 Å². The van der Waals surface area contributed by atoms with E-state index in [-0.39, 0.29) is 0 Å².